The fourth-order valence-electron chi connectivity index (χ4n) is 3.33. The topological polar surface area (TPSA) is 74.6 Å². The third-order valence-corrected chi connectivity index (χ3v) is 4.87. The van der Waals surface area contributed by atoms with Gasteiger partial charge in [0.2, 0.25) is 5.91 Å². The summed E-state index contributed by atoms with van der Waals surface area (Å²) in [5.74, 6) is 0.689. The van der Waals surface area contributed by atoms with Crippen LogP contribution in [0.4, 0.5) is 10.1 Å². The van der Waals surface area contributed by atoms with Gasteiger partial charge in [-0.1, -0.05) is 6.92 Å². The molecule has 0 saturated carbocycles. The highest BCUT2D eigenvalue weighted by Gasteiger charge is 2.29. The van der Waals surface area contributed by atoms with Crippen LogP contribution in [0.1, 0.15) is 19.4 Å². The van der Waals surface area contributed by atoms with Crippen molar-refractivity contribution in [3.63, 3.8) is 0 Å². The number of aliphatic imine (C=N–C) groups is 1. The lowest BCUT2D eigenvalue weighted by Crippen LogP contribution is -2.50. The number of aromatic nitrogens is 2. The van der Waals surface area contributed by atoms with E-state index in [1.165, 1.54) is 24.3 Å². The van der Waals surface area contributed by atoms with Gasteiger partial charge in [0.25, 0.3) is 0 Å². The van der Waals surface area contributed by atoms with Crippen molar-refractivity contribution >= 4 is 41.5 Å². The van der Waals surface area contributed by atoms with Crippen LogP contribution in [0.25, 0.3) is 0 Å². The number of hydrogen-bond donors (Lipinski definition) is 2. The number of piperidine rings is 1. The minimum Gasteiger partial charge on any atom is -0.347 e. The van der Waals surface area contributed by atoms with E-state index in [4.69, 9.17) is 0 Å². The first kappa shape index (κ1) is 22.1. The second kappa shape index (κ2) is 10.4. The molecular weight excluding hydrogens is 474 g/mol. The average molecular weight is 500 g/mol. The number of likely N-dealkylation sites (tertiary alicyclic amines) is 1. The quantitative estimate of drug-likeness (QED) is 0.385. The van der Waals surface area contributed by atoms with E-state index < -0.39 is 0 Å². The zero-order valence-electron chi connectivity index (χ0n) is 16.0. The predicted molar refractivity (Wildman–Crippen MR) is 118 cm³/mol. The van der Waals surface area contributed by atoms with E-state index in [0.29, 0.717) is 23.6 Å². The van der Waals surface area contributed by atoms with E-state index in [-0.39, 0.29) is 42.2 Å². The Labute approximate surface area is 181 Å². The Hall–Kier alpha value is -2.17. The Bertz CT molecular complexity index is 780. The van der Waals surface area contributed by atoms with Crippen LogP contribution in [-0.4, -0.2) is 53.0 Å². The van der Waals surface area contributed by atoms with Gasteiger partial charge in [-0.2, -0.15) is 0 Å². The number of nitrogens with zero attached hydrogens (tertiary/aromatic N) is 4. The largest absolute Gasteiger partial charge is 0.347 e. The first-order chi connectivity index (χ1) is 13.1. The molecule has 3 rings (SSSR count). The second-order valence-electron chi connectivity index (χ2n) is 6.75. The normalized spacial score (nSPS) is 19.7. The summed E-state index contributed by atoms with van der Waals surface area (Å²) in [5, 5.41) is 5.85. The van der Waals surface area contributed by atoms with Gasteiger partial charge in [-0.3, -0.25) is 9.79 Å². The Morgan fingerprint density at radius 3 is 2.75 bits per heavy atom. The third-order valence-electron chi connectivity index (χ3n) is 4.87. The van der Waals surface area contributed by atoms with Crippen LogP contribution in [0, 0.1) is 11.7 Å². The van der Waals surface area contributed by atoms with Gasteiger partial charge in [0.15, 0.2) is 5.96 Å². The zero-order valence-corrected chi connectivity index (χ0v) is 18.3. The van der Waals surface area contributed by atoms with E-state index >= 15 is 0 Å². The molecule has 1 aliphatic heterocycles. The highest BCUT2D eigenvalue weighted by atomic mass is 127. The van der Waals surface area contributed by atoms with E-state index in [1.807, 2.05) is 12.5 Å². The van der Waals surface area contributed by atoms with Gasteiger partial charge in [-0.15, -0.1) is 24.0 Å². The molecule has 1 amide bonds. The maximum absolute atomic E-state index is 12.9. The Morgan fingerprint density at radius 2 is 2.11 bits per heavy atom. The number of halogens is 2. The summed E-state index contributed by atoms with van der Waals surface area (Å²) in [4.78, 5) is 22.8. The van der Waals surface area contributed by atoms with Crippen LogP contribution in [-0.2, 0) is 4.79 Å². The summed E-state index contributed by atoms with van der Waals surface area (Å²) < 4.78 is 15.1. The van der Waals surface area contributed by atoms with Crippen LogP contribution >= 0.6 is 24.0 Å². The smallest absolute Gasteiger partial charge is 0.243 e. The molecule has 2 unspecified atom stereocenters. The molecule has 7 nitrogen and oxygen atoms in total. The molecule has 0 spiro atoms. The molecule has 2 aromatic rings. The van der Waals surface area contributed by atoms with Crippen molar-refractivity contribution < 1.29 is 9.18 Å². The Kier molecular flexibility index (Phi) is 8.21. The van der Waals surface area contributed by atoms with E-state index in [2.05, 4.69) is 37.0 Å². The molecule has 0 bridgehead atoms. The summed E-state index contributed by atoms with van der Waals surface area (Å²) in [6.07, 6.45) is 6.65. The number of rotatable bonds is 4. The van der Waals surface area contributed by atoms with Gasteiger partial charge < -0.3 is 20.1 Å². The number of carbonyl (C=O) groups excluding carboxylic acids is 1. The summed E-state index contributed by atoms with van der Waals surface area (Å²) in [6, 6.07) is 6.00. The highest BCUT2D eigenvalue weighted by Crippen LogP contribution is 2.27. The summed E-state index contributed by atoms with van der Waals surface area (Å²) in [6.45, 7) is 4.02. The standard InChI is InChI=1S/C19H25FN6O.HI/c1-14-7-9-25(12-17(14)26-10-8-22-13-26)19(21-2)23-11-18(27)24-16-5-3-15(20)4-6-16;/h3-6,8,10,13-14,17H,7,9,11-12H2,1-2H3,(H,21,23)(H,24,27);1H. The molecular formula is C19H26FIN6O. The molecule has 1 aliphatic rings. The summed E-state index contributed by atoms with van der Waals surface area (Å²) in [5.41, 5.74) is 0.560. The van der Waals surface area contributed by atoms with Gasteiger partial charge >= 0.3 is 0 Å². The number of nitrogens with one attached hydrogen (secondary N) is 2. The van der Waals surface area contributed by atoms with Gasteiger partial charge in [0.05, 0.1) is 18.9 Å². The van der Waals surface area contributed by atoms with E-state index in [1.54, 1.807) is 13.2 Å². The zero-order chi connectivity index (χ0) is 19.2. The molecule has 1 fully saturated rings. The Balaban J connectivity index is 0.00000280. The monoisotopic (exact) mass is 500 g/mol. The van der Waals surface area contributed by atoms with Crippen molar-refractivity contribution in [2.75, 3.05) is 32.0 Å². The first-order valence-corrected chi connectivity index (χ1v) is 9.05. The van der Waals surface area contributed by atoms with E-state index in [9.17, 15) is 9.18 Å². The molecule has 0 aliphatic carbocycles. The number of hydrogen-bond acceptors (Lipinski definition) is 3. The number of carbonyl (C=O) groups is 1. The molecule has 1 aromatic heterocycles. The lowest BCUT2D eigenvalue weighted by Gasteiger charge is -2.39. The number of amides is 1. The predicted octanol–water partition coefficient (Wildman–Crippen LogP) is 2.74. The number of benzene rings is 1. The molecule has 9 heteroatoms. The van der Waals surface area contributed by atoms with Crippen LogP contribution in [0.3, 0.4) is 0 Å². The SMILES string of the molecule is CN=C(NCC(=O)Nc1ccc(F)cc1)N1CCC(C)C(n2ccnc2)C1.I. The average Bonchev–Trinajstić information content (AvgIpc) is 3.20. The van der Waals surface area contributed by atoms with Gasteiger partial charge in [-0.25, -0.2) is 9.37 Å². The number of anilines is 1. The molecule has 28 heavy (non-hydrogen) atoms. The fraction of sp³-hybridized carbons (Fsp3) is 0.421. The maximum atomic E-state index is 12.9. The van der Waals surface area contributed by atoms with Crippen LogP contribution in [0.5, 0.6) is 0 Å². The summed E-state index contributed by atoms with van der Waals surface area (Å²) in [7, 11) is 1.71. The van der Waals surface area contributed by atoms with Crippen molar-refractivity contribution in [2.45, 2.75) is 19.4 Å². The van der Waals surface area contributed by atoms with Gasteiger partial charge in [0.1, 0.15) is 5.82 Å². The van der Waals surface area contributed by atoms with Crippen molar-refractivity contribution in [2.24, 2.45) is 10.9 Å². The first-order valence-electron chi connectivity index (χ1n) is 9.05. The molecule has 2 heterocycles. The second-order valence-corrected chi connectivity index (χ2v) is 6.75. The molecule has 2 N–H and O–H groups in total. The maximum Gasteiger partial charge on any atom is 0.243 e. The van der Waals surface area contributed by atoms with E-state index in [0.717, 1.165) is 19.5 Å². The van der Waals surface area contributed by atoms with Crippen LogP contribution in [0.15, 0.2) is 48.0 Å². The number of guanidine groups is 1. The van der Waals surface area contributed by atoms with Crippen molar-refractivity contribution in [1.29, 1.82) is 0 Å². The van der Waals surface area contributed by atoms with Crippen LogP contribution < -0.4 is 10.6 Å². The highest BCUT2D eigenvalue weighted by molar-refractivity contribution is 14.0. The van der Waals surface area contributed by atoms with Crippen LogP contribution in [0.2, 0.25) is 0 Å². The van der Waals surface area contributed by atoms with Crippen molar-refractivity contribution in [1.82, 2.24) is 19.8 Å². The number of imidazole rings is 1. The molecule has 2 atom stereocenters. The fourth-order valence-corrected chi connectivity index (χ4v) is 3.33. The molecule has 1 aromatic carbocycles. The molecule has 152 valence electrons. The minimum atomic E-state index is -0.335. The molecule has 1 saturated heterocycles. The van der Waals surface area contributed by atoms with Gasteiger partial charge in [0, 0.05) is 38.2 Å². The van der Waals surface area contributed by atoms with Crippen molar-refractivity contribution in [3.8, 4) is 0 Å². The van der Waals surface area contributed by atoms with Gasteiger partial charge in [-0.05, 0) is 36.6 Å². The molecule has 0 radical (unpaired) electrons. The minimum absolute atomic E-state index is 0. The third kappa shape index (κ3) is 5.66. The Morgan fingerprint density at radius 1 is 1.36 bits per heavy atom. The van der Waals surface area contributed by atoms with Crippen molar-refractivity contribution in [3.05, 3.63) is 48.8 Å². The lowest BCUT2D eigenvalue weighted by atomic mass is 9.93. The lowest BCUT2D eigenvalue weighted by molar-refractivity contribution is -0.115. The summed E-state index contributed by atoms with van der Waals surface area (Å²) >= 11 is 0.